The lowest BCUT2D eigenvalue weighted by atomic mass is 9.38. The van der Waals surface area contributed by atoms with Gasteiger partial charge in [-0.1, -0.05) is 41.9 Å². The van der Waals surface area contributed by atoms with Crippen LogP contribution in [0, 0.1) is 23.2 Å². The van der Waals surface area contributed by atoms with Crippen LogP contribution in [0.4, 0.5) is 17.1 Å². The van der Waals surface area contributed by atoms with E-state index in [1.165, 1.54) is 43.5 Å². The van der Waals surface area contributed by atoms with Gasteiger partial charge in [-0.15, -0.1) is 0 Å². The van der Waals surface area contributed by atoms with Crippen molar-refractivity contribution in [3.63, 3.8) is 0 Å². The molecule has 2 heteroatoms. The van der Waals surface area contributed by atoms with E-state index in [9.17, 15) is 0 Å². The van der Waals surface area contributed by atoms with Crippen LogP contribution in [0.3, 0.4) is 0 Å². The fourth-order valence-electron chi connectivity index (χ4n) is 7.99. The topological polar surface area (TPSA) is 3.24 Å². The number of fused-ring (bicyclic) bond motifs is 1. The largest absolute Gasteiger partial charge is 0.311 e. The Morgan fingerprint density at radius 2 is 1.23 bits per heavy atom. The Bertz CT molecular complexity index is 1090. The van der Waals surface area contributed by atoms with Crippen molar-refractivity contribution >= 4 is 28.7 Å². The molecule has 30 heavy (non-hydrogen) atoms. The van der Waals surface area contributed by atoms with Crippen LogP contribution in [0.15, 0.2) is 78.9 Å². The second-order valence-electron chi connectivity index (χ2n) is 10.2. The molecule has 4 aliphatic carbocycles. The Balaban J connectivity index is 1.26. The molecule has 1 nitrogen and oxygen atoms in total. The summed E-state index contributed by atoms with van der Waals surface area (Å²) in [5, 5.41) is 0.769. The first-order valence-corrected chi connectivity index (χ1v) is 11.8. The molecule has 0 N–H and O–H groups in total. The summed E-state index contributed by atoms with van der Waals surface area (Å²) in [6, 6.07) is 28.3. The molecule has 0 aromatic heterocycles. The van der Waals surface area contributed by atoms with Crippen LogP contribution in [-0.4, -0.2) is 0 Å². The van der Waals surface area contributed by atoms with Gasteiger partial charge in [0, 0.05) is 22.1 Å². The van der Waals surface area contributed by atoms with E-state index in [0.29, 0.717) is 5.41 Å². The summed E-state index contributed by atoms with van der Waals surface area (Å²) in [7, 11) is 0. The molecule has 4 aliphatic rings. The maximum absolute atomic E-state index is 6.16. The van der Waals surface area contributed by atoms with Gasteiger partial charge < -0.3 is 4.90 Å². The molecule has 0 heterocycles. The lowest BCUT2D eigenvalue weighted by molar-refractivity contribution is -0.175. The second kappa shape index (κ2) is 5.92. The average Bonchev–Trinajstić information content (AvgIpc) is 3.25. The van der Waals surface area contributed by atoms with Crippen LogP contribution in [-0.2, 0) is 5.41 Å². The molecular formula is C28H26ClN. The molecule has 2 unspecified atom stereocenters. The van der Waals surface area contributed by atoms with Crippen molar-refractivity contribution in [2.24, 2.45) is 23.2 Å². The van der Waals surface area contributed by atoms with Crippen LogP contribution < -0.4 is 4.90 Å². The zero-order chi connectivity index (χ0) is 19.9. The van der Waals surface area contributed by atoms with Gasteiger partial charge in [0.2, 0.25) is 0 Å². The van der Waals surface area contributed by atoms with Gasteiger partial charge in [0.1, 0.15) is 0 Å². The summed E-state index contributed by atoms with van der Waals surface area (Å²) in [5.74, 6) is 3.14. The third kappa shape index (κ3) is 2.15. The Hall–Kier alpha value is -2.25. The van der Waals surface area contributed by atoms with Crippen molar-refractivity contribution in [2.45, 2.75) is 37.5 Å². The normalized spacial score (nSPS) is 34.8. The fraction of sp³-hybridized carbons (Fsp3) is 0.357. The van der Waals surface area contributed by atoms with E-state index < -0.39 is 0 Å². The minimum Gasteiger partial charge on any atom is -0.311 e. The van der Waals surface area contributed by atoms with Crippen LogP contribution in [0.1, 0.15) is 37.7 Å². The minimum atomic E-state index is 0.469. The SMILES string of the molecule is Clc1ccc(N(c2ccccc2)c2ccc(C34CC5CC6CC(C3)C65C4)cc2)cc1. The average molecular weight is 412 g/mol. The number of hydrogen-bond donors (Lipinski definition) is 0. The van der Waals surface area contributed by atoms with Gasteiger partial charge >= 0.3 is 0 Å². The van der Waals surface area contributed by atoms with E-state index in [4.69, 9.17) is 11.6 Å². The van der Waals surface area contributed by atoms with Crippen molar-refractivity contribution in [2.75, 3.05) is 4.90 Å². The molecule has 4 saturated carbocycles. The summed E-state index contributed by atoms with van der Waals surface area (Å²) < 4.78 is 0. The quantitative estimate of drug-likeness (QED) is 0.421. The Morgan fingerprint density at radius 1 is 0.667 bits per heavy atom. The number of benzene rings is 3. The standard InChI is InChI=1S/C28H26ClN/c29-23-8-12-26(13-9-23)30(24-4-2-1-3-5-24)25-10-6-19(7-11-25)27-16-21-14-20-15-22(17-27)28(20,21)18-27/h1-13,20-22H,14-18H2. The first-order chi connectivity index (χ1) is 14.7. The first kappa shape index (κ1) is 17.4. The Labute approximate surface area is 183 Å². The third-order valence-corrected chi connectivity index (χ3v) is 9.43. The molecule has 0 amide bonds. The Morgan fingerprint density at radius 3 is 1.80 bits per heavy atom. The lowest BCUT2D eigenvalue weighted by Gasteiger charge is -2.66. The van der Waals surface area contributed by atoms with Gasteiger partial charge in [-0.2, -0.15) is 0 Å². The molecule has 0 radical (unpaired) electrons. The van der Waals surface area contributed by atoms with Crippen molar-refractivity contribution in [3.8, 4) is 0 Å². The van der Waals surface area contributed by atoms with E-state index in [1.54, 1.807) is 5.56 Å². The molecule has 2 atom stereocenters. The van der Waals surface area contributed by atoms with Gasteiger partial charge in [-0.05, 0) is 115 Å². The predicted molar refractivity (Wildman–Crippen MR) is 124 cm³/mol. The lowest BCUT2D eigenvalue weighted by Crippen LogP contribution is -2.59. The highest BCUT2D eigenvalue weighted by Crippen LogP contribution is 2.84. The van der Waals surface area contributed by atoms with E-state index in [2.05, 4.69) is 71.6 Å². The van der Waals surface area contributed by atoms with Gasteiger partial charge in [0.05, 0.1) is 0 Å². The second-order valence-corrected chi connectivity index (χ2v) is 10.7. The third-order valence-electron chi connectivity index (χ3n) is 9.17. The van der Waals surface area contributed by atoms with E-state index in [0.717, 1.165) is 33.9 Å². The molecule has 4 fully saturated rings. The predicted octanol–water partition coefficient (Wildman–Crippen LogP) is 7.89. The zero-order valence-electron chi connectivity index (χ0n) is 17.1. The molecule has 1 spiro atoms. The summed E-state index contributed by atoms with van der Waals surface area (Å²) in [5.41, 5.74) is 6.35. The summed E-state index contributed by atoms with van der Waals surface area (Å²) in [6.45, 7) is 0. The molecule has 0 saturated heterocycles. The first-order valence-electron chi connectivity index (χ1n) is 11.4. The number of rotatable bonds is 4. The molecule has 3 aromatic rings. The molecule has 0 aliphatic heterocycles. The summed E-state index contributed by atoms with van der Waals surface area (Å²) >= 11 is 6.16. The smallest absolute Gasteiger partial charge is 0.0462 e. The van der Waals surface area contributed by atoms with E-state index in [-0.39, 0.29) is 0 Å². The van der Waals surface area contributed by atoms with Crippen LogP contribution >= 0.6 is 11.6 Å². The van der Waals surface area contributed by atoms with Crippen molar-refractivity contribution in [3.05, 3.63) is 89.4 Å². The molecule has 3 aromatic carbocycles. The minimum absolute atomic E-state index is 0.469. The van der Waals surface area contributed by atoms with Crippen molar-refractivity contribution in [1.29, 1.82) is 0 Å². The number of halogens is 1. The maximum Gasteiger partial charge on any atom is 0.0462 e. The number of nitrogens with zero attached hydrogens (tertiary/aromatic N) is 1. The van der Waals surface area contributed by atoms with E-state index in [1.807, 2.05) is 12.1 Å². The number of anilines is 3. The molecule has 2 bridgehead atoms. The highest BCUT2D eigenvalue weighted by molar-refractivity contribution is 6.30. The van der Waals surface area contributed by atoms with Crippen LogP contribution in [0.5, 0.6) is 0 Å². The number of para-hydroxylation sites is 1. The van der Waals surface area contributed by atoms with Gasteiger partial charge in [-0.3, -0.25) is 0 Å². The van der Waals surface area contributed by atoms with Gasteiger partial charge in [-0.25, -0.2) is 0 Å². The molecule has 7 rings (SSSR count). The zero-order valence-corrected chi connectivity index (χ0v) is 17.9. The van der Waals surface area contributed by atoms with Crippen LogP contribution in [0.2, 0.25) is 5.02 Å². The Kier molecular flexibility index (Phi) is 3.44. The van der Waals surface area contributed by atoms with Crippen molar-refractivity contribution < 1.29 is 0 Å². The van der Waals surface area contributed by atoms with Crippen molar-refractivity contribution in [1.82, 2.24) is 0 Å². The van der Waals surface area contributed by atoms with E-state index >= 15 is 0 Å². The monoisotopic (exact) mass is 411 g/mol. The highest BCUT2D eigenvalue weighted by Gasteiger charge is 2.77. The van der Waals surface area contributed by atoms with Gasteiger partial charge in [0.25, 0.3) is 0 Å². The summed E-state index contributed by atoms with van der Waals surface area (Å²) in [4.78, 5) is 2.32. The molecular weight excluding hydrogens is 386 g/mol. The highest BCUT2D eigenvalue weighted by atomic mass is 35.5. The number of hydrogen-bond acceptors (Lipinski definition) is 1. The molecule has 150 valence electrons. The van der Waals surface area contributed by atoms with Crippen LogP contribution in [0.25, 0.3) is 0 Å². The van der Waals surface area contributed by atoms with Gasteiger partial charge in [0.15, 0.2) is 0 Å². The summed E-state index contributed by atoms with van der Waals surface area (Å²) in [6.07, 6.45) is 7.40. The fourth-order valence-corrected chi connectivity index (χ4v) is 8.12. The maximum atomic E-state index is 6.16.